The van der Waals surface area contributed by atoms with Gasteiger partial charge in [0.25, 0.3) is 0 Å². The molecule has 14 aromatic rings. The molecule has 1 aliphatic carbocycles. The largest absolute Gasteiger partial charge is 0.292 e. The van der Waals surface area contributed by atoms with Crippen molar-refractivity contribution in [2.45, 2.75) is 15.2 Å². The predicted molar refractivity (Wildman–Crippen MR) is 322 cm³/mol. The van der Waals surface area contributed by atoms with Crippen LogP contribution in [0.15, 0.2) is 289 Å². The van der Waals surface area contributed by atoms with E-state index in [1.807, 2.05) is 11.8 Å². The molecular weight excluding hydrogens is 965 g/mol. The van der Waals surface area contributed by atoms with Crippen LogP contribution in [-0.2, 0) is 5.41 Å². The maximum Gasteiger partial charge on any atom is 0.145 e. The van der Waals surface area contributed by atoms with Crippen LogP contribution in [0, 0.1) is 0 Å². The highest BCUT2D eigenvalue weighted by Gasteiger charge is 2.50. The summed E-state index contributed by atoms with van der Waals surface area (Å²) in [5.41, 5.74) is 22.2. The number of fused-ring (bicyclic) bond motifs is 12. The molecule has 12 aromatic carbocycles. The van der Waals surface area contributed by atoms with Crippen LogP contribution in [0.4, 0.5) is 0 Å². The van der Waals surface area contributed by atoms with Crippen molar-refractivity contribution in [2.24, 2.45) is 0 Å². The Kier molecular flexibility index (Phi) is 10.1. The SMILES string of the molecule is c1ccc(-c2nc3cc(-c4cc(-c5ccc6c(c5)C5(c7ccccc7Sc7ccccc75)c5cc7ccccc7cc5-6)cc(-c5ccc6c(c5)nc(-c5ccccc5)n6-c5ccccc5)c4)ccc3n2-c2ccccc2)cc1. The molecule has 0 saturated heterocycles. The lowest BCUT2D eigenvalue weighted by molar-refractivity contribution is 0.723. The van der Waals surface area contributed by atoms with Gasteiger partial charge in [-0.25, -0.2) is 9.97 Å². The number of nitrogens with zero attached hydrogens (tertiary/aromatic N) is 4. The summed E-state index contributed by atoms with van der Waals surface area (Å²) in [6.45, 7) is 0. The van der Waals surface area contributed by atoms with Gasteiger partial charge in [0.05, 0.1) is 27.5 Å². The lowest BCUT2D eigenvalue weighted by Crippen LogP contribution is -2.32. The molecule has 364 valence electrons. The first-order valence-corrected chi connectivity index (χ1v) is 27.4. The molecule has 3 heterocycles. The monoisotopic (exact) mass is 1010 g/mol. The molecule has 0 unspecified atom stereocenters. The fraction of sp³-hybridized carbons (Fsp3) is 0.0137. The van der Waals surface area contributed by atoms with Gasteiger partial charge >= 0.3 is 0 Å². The zero-order chi connectivity index (χ0) is 51.3. The van der Waals surface area contributed by atoms with E-state index in [4.69, 9.17) is 9.97 Å². The Hall–Kier alpha value is -9.81. The molecular formula is C73H46N4S. The molecule has 1 spiro atoms. The van der Waals surface area contributed by atoms with Gasteiger partial charge in [-0.1, -0.05) is 194 Å². The van der Waals surface area contributed by atoms with Crippen LogP contribution in [0.3, 0.4) is 0 Å². The fourth-order valence-electron chi connectivity index (χ4n) is 12.6. The van der Waals surface area contributed by atoms with Crippen molar-refractivity contribution in [1.29, 1.82) is 0 Å². The first kappa shape index (κ1) is 44.5. The van der Waals surface area contributed by atoms with E-state index in [-0.39, 0.29) is 0 Å². The zero-order valence-corrected chi connectivity index (χ0v) is 43.1. The highest BCUT2D eigenvalue weighted by molar-refractivity contribution is 7.99. The second-order valence-corrected chi connectivity index (χ2v) is 21.6. The Bertz CT molecular complexity index is 4470. The Morgan fingerprint density at radius 2 is 0.692 bits per heavy atom. The first-order chi connectivity index (χ1) is 38.6. The van der Waals surface area contributed by atoms with E-state index in [1.54, 1.807) is 0 Å². The van der Waals surface area contributed by atoms with Crippen molar-refractivity contribution in [2.75, 3.05) is 0 Å². The van der Waals surface area contributed by atoms with Crippen LogP contribution in [0.5, 0.6) is 0 Å². The van der Waals surface area contributed by atoms with Gasteiger partial charge in [-0.15, -0.1) is 0 Å². The number of para-hydroxylation sites is 2. The second kappa shape index (κ2) is 17.6. The average molecular weight is 1010 g/mol. The highest BCUT2D eigenvalue weighted by Crippen LogP contribution is 2.63. The third kappa shape index (κ3) is 6.88. The minimum absolute atomic E-state index is 0.540. The summed E-state index contributed by atoms with van der Waals surface area (Å²) < 4.78 is 4.57. The van der Waals surface area contributed by atoms with Gasteiger partial charge in [-0.2, -0.15) is 0 Å². The van der Waals surface area contributed by atoms with Crippen LogP contribution in [0.2, 0.25) is 0 Å². The van der Waals surface area contributed by atoms with Crippen LogP contribution < -0.4 is 0 Å². The summed E-state index contributed by atoms with van der Waals surface area (Å²) in [6.07, 6.45) is 0. The molecule has 0 fully saturated rings. The van der Waals surface area contributed by atoms with Gasteiger partial charge in [-0.05, 0) is 175 Å². The molecule has 2 aromatic heterocycles. The van der Waals surface area contributed by atoms with Gasteiger partial charge in [0.15, 0.2) is 0 Å². The number of hydrogen-bond acceptors (Lipinski definition) is 3. The molecule has 0 saturated carbocycles. The number of imidazole rings is 2. The molecule has 2 aliphatic rings. The Morgan fingerprint density at radius 3 is 1.21 bits per heavy atom. The molecule has 0 bridgehead atoms. The van der Waals surface area contributed by atoms with Gasteiger partial charge in [0, 0.05) is 32.3 Å². The summed E-state index contributed by atoms with van der Waals surface area (Å²) in [5, 5.41) is 2.49. The van der Waals surface area contributed by atoms with E-state index in [2.05, 4.69) is 288 Å². The summed E-state index contributed by atoms with van der Waals surface area (Å²) >= 11 is 1.88. The number of benzene rings is 12. The number of rotatable bonds is 7. The van der Waals surface area contributed by atoms with Gasteiger partial charge in [-0.3, -0.25) is 9.13 Å². The average Bonchev–Trinajstić information content (AvgIpc) is 4.11. The van der Waals surface area contributed by atoms with Crippen molar-refractivity contribution in [3.63, 3.8) is 0 Å². The molecule has 0 radical (unpaired) electrons. The molecule has 5 heteroatoms. The van der Waals surface area contributed by atoms with E-state index in [9.17, 15) is 0 Å². The molecule has 78 heavy (non-hydrogen) atoms. The van der Waals surface area contributed by atoms with E-state index >= 15 is 0 Å². The highest BCUT2D eigenvalue weighted by atomic mass is 32.2. The molecule has 0 atom stereocenters. The van der Waals surface area contributed by atoms with Gasteiger partial charge in [0.2, 0.25) is 0 Å². The Balaban J connectivity index is 0.931. The van der Waals surface area contributed by atoms with E-state index in [1.165, 1.54) is 53.9 Å². The Morgan fingerprint density at radius 1 is 0.282 bits per heavy atom. The van der Waals surface area contributed by atoms with E-state index in [0.717, 1.165) is 89.6 Å². The summed E-state index contributed by atoms with van der Waals surface area (Å²) in [6, 6.07) is 102. The normalized spacial score (nSPS) is 12.9. The maximum absolute atomic E-state index is 5.42. The van der Waals surface area contributed by atoms with E-state index in [0.29, 0.717) is 0 Å². The number of hydrogen-bond donors (Lipinski definition) is 0. The van der Waals surface area contributed by atoms with Crippen LogP contribution in [0.25, 0.3) is 111 Å². The lowest BCUT2D eigenvalue weighted by atomic mass is 9.67. The zero-order valence-electron chi connectivity index (χ0n) is 42.3. The molecule has 0 N–H and O–H groups in total. The van der Waals surface area contributed by atoms with Crippen molar-refractivity contribution in [3.05, 3.63) is 301 Å². The predicted octanol–water partition coefficient (Wildman–Crippen LogP) is 18.7. The fourth-order valence-corrected chi connectivity index (χ4v) is 13.8. The standard InChI is InChI=1S/C73H46N4S/c1-5-19-47(20-6-1)71-74-65-45-52(34-37-67(65)76(71)57-25-9-3-10-26-57)55-39-54(40-56(41-55)53-35-38-68-66(46-53)75-72(48-21-7-2-8-22-48)77(68)58-27-11-4-12-28-58)51-33-36-59-60-42-49-23-13-14-24-50(49)43-64(60)73(63(59)44-51)61-29-15-17-31-69(61)78-70-32-18-16-30-62(70)73/h1-46H. The summed E-state index contributed by atoms with van der Waals surface area (Å²) in [4.78, 5) is 13.4. The first-order valence-electron chi connectivity index (χ1n) is 26.6. The third-order valence-electron chi connectivity index (χ3n) is 16.1. The molecule has 16 rings (SSSR count). The minimum atomic E-state index is -0.540. The van der Waals surface area contributed by atoms with Crippen LogP contribution in [-0.4, -0.2) is 19.1 Å². The van der Waals surface area contributed by atoms with Crippen molar-refractivity contribution in [1.82, 2.24) is 19.1 Å². The molecule has 4 nitrogen and oxygen atoms in total. The Labute approximate surface area is 456 Å². The van der Waals surface area contributed by atoms with Crippen LogP contribution in [0.1, 0.15) is 22.3 Å². The van der Waals surface area contributed by atoms with Crippen molar-refractivity contribution >= 4 is 44.6 Å². The van der Waals surface area contributed by atoms with Crippen molar-refractivity contribution in [3.8, 4) is 78.7 Å². The minimum Gasteiger partial charge on any atom is -0.292 e. The summed E-state index contributed by atoms with van der Waals surface area (Å²) in [7, 11) is 0. The molecule has 0 amide bonds. The van der Waals surface area contributed by atoms with E-state index < -0.39 is 5.41 Å². The summed E-state index contributed by atoms with van der Waals surface area (Å²) in [5.74, 6) is 1.82. The topological polar surface area (TPSA) is 35.6 Å². The number of aromatic nitrogens is 4. The maximum atomic E-state index is 5.42. The molecule has 1 aliphatic heterocycles. The second-order valence-electron chi connectivity index (χ2n) is 20.5. The quantitative estimate of drug-likeness (QED) is 0.160. The van der Waals surface area contributed by atoms with Gasteiger partial charge in [0.1, 0.15) is 11.6 Å². The third-order valence-corrected chi connectivity index (χ3v) is 17.3. The van der Waals surface area contributed by atoms with Crippen molar-refractivity contribution < 1.29 is 0 Å². The van der Waals surface area contributed by atoms with Crippen LogP contribution >= 0.6 is 11.8 Å². The van der Waals surface area contributed by atoms with Gasteiger partial charge < -0.3 is 0 Å². The lowest BCUT2D eigenvalue weighted by Gasteiger charge is -2.39. The smallest absolute Gasteiger partial charge is 0.145 e.